The number of benzene rings is 1. The number of amides is 1. The molecule has 4 heteroatoms. The molecule has 20 heavy (non-hydrogen) atoms. The van der Waals surface area contributed by atoms with Gasteiger partial charge in [-0.05, 0) is 23.8 Å². The van der Waals surface area contributed by atoms with E-state index in [9.17, 15) is 4.79 Å². The van der Waals surface area contributed by atoms with Crippen molar-refractivity contribution < 1.29 is 9.90 Å². The van der Waals surface area contributed by atoms with Crippen LogP contribution in [0.25, 0.3) is 0 Å². The lowest BCUT2D eigenvalue weighted by Gasteiger charge is -2.26. The molecule has 0 saturated carbocycles. The molecule has 1 amide bonds. The van der Waals surface area contributed by atoms with Gasteiger partial charge in [0.25, 0.3) is 0 Å². The molecule has 0 aromatic heterocycles. The van der Waals surface area contributed by atoms with E-state index in [2.05, 4.69) is 19.2 Å². The van der Waals surface area contributed by atoms with Gasteiger partial charge in [0, 0.05) is 19.7 Å². The molecule has 1 unspecified atom stereocenters. The maximum Gasteiger partial charge on any atom is 0.228 e. The SMILES string of the molecule is CC(C)(CCCO)CNC(=O)C(CN)c1ccccc1. The van der Waals surface area contributed by atoms with Gasteiger partial charge in [-0.1, -0.05) is 44.2 Å². The number of aliphatic hydroxyl groups excluding tert-OH is 1. The Morgan fingerprint density at radius 1 is 1.35 bits per heavy atom. The van der Waals surface area contributed by atoms with Crippen LogP contribution in [0.15, 0.2) is 30.3 Å². The van der Waals surface area contributed by atoms with Gasteiger partial charge in [-0.25, -0.2) is 0 Å². The van der Waals surface area contributed by atoms with Crippen molar-refractivity contribution in [2.45, 2.75) is 32.6 Å². The molecule has 0 aliphatic heterocycles. The van der Waals surface area contributed by atoms with E-state index in [0.717, 1.165) is 18.4 Å². The van der Waals surface area contributed by atoms with Gasteiger partial charge >= 0.3 is 0 Å². The standard InChI is InChI=1S/C16H26N2O2/c1-16(2,9-6-10-19)12-18-15(20)14(11-17)13-7-4-3-5-8-13/h3-5,7-8,14,19H,6,9-12,17H2,1-2H3,(H,18,20). The van der Waals surface area contributed by atoms with Gasteiger partial charge in [0.05, 0.1) is 5.92 Å². The van der Waals surface area contributed by atoms with E-state index >= 15 is 0 Å². The highest BCUT2D eigenvalue weighted by atomic mass is 16.2. The van der Waals surface area contributed by atoms with E-state index in [1.165, 1.54) is 0 Å². The van der Waals surface area contributed by atoms with E-state index in [1.54, 1.807) is 0 Å². The predicted molar refractivity (Wildman–Crippen MR) is 81.3 cm³/mol. The van der Waals surface area contributed by atoms with Crippen LogP contribution in [0, 0.1) is 5.41 Å². The van der Waals surface area contributed by atoms with Crippen molar-refractivity contribution in [1.82, 2.24) is 5.32 Å². The predicted octanol–water partition coefficient (Wildman–Crippen LogP) is 1.64. The summed E-state index contributed by atoms with van der Waals surface area (Å²) in [6.45, 7) is 5.25. The minimum Gasteiger partial charge on any atom is -0.396 e. The van der Waals surface area contributed by atoms with E-state index < -0.39 is 0 Å². The lowest BCUT2D eigenvalue weighted by molar-refractivity contribution is -0.122. The summed E-state index contributed by atoms with van der Waals surface area (Å²) in [4.78, 5) is 12.3. The van der Waals surface area contributed by atoms with Crippen LogP contribution >= 0.6 is 0 Å². The average molecular weight is 278 g/mol. The molecule has 0 radical (unpaired) electrons. The smallest absolute Gasteiger partial charge is 0.228 e. The zero-order valence-electron chi connectivity index (χ0n) is 12.4. The number of carbonyl (C=O) groups is 1. The van der Waals surface area contributed by atoms with Crippen molar-refractivity contribution in [3.8, 4) is 0 Å². The second kappa shape index (κ2) is 8.02. The Kier molecular flexibility index (Phi) is 6.68. The second-order valence-electron chi connectivity index (χ2n) is 5.91. The van der Waals surface area contributed by atoms with Gasteiger partial charge in [-0.15, -0.1) is 0 Å². The lowest BCUT2D eigenvalue weighted by atomic mass is 9.87. The first-order chi connectivity index (χ1) is 9.50. The molecule has 0 fully saturated rings. The zero-order valence-corrected chi connectivity index (χ0v) is 12.4. The van der Waals surface area contributed by atoms with Crippen molar-refractivity contribution in [2.75, 3.05) is 19.7 Å². The van der Waals surface area contributed by atoms with Gasteiger partial charge < -0.3 is 16.2 Å². The fourth-order valence-electron chi connectivity index (χ4n) is 2.18. The maximum absolute atomic E-state index is 12.3. The molecule has 112 valence electrons. The van der Waals surface area contributed by atoms with Crippen molar-refractivity contribution in [3.63, 3.8) is 0 Å². The molecule has 1 aromatic rings. The third-order valence-electron chi connectivity index (χ3n) is 3.51. The monoisotopic (exact) mass is 278 g/mol. The van der Waals surface area contributed by atoms with Gasteiger partial charge in [-0.2, -0.15) is 0 Å². The Morgan fingerprint density at radius 2 is 2.00 bits per heavy atom. The third-order valence-corrected chi connectivity index (χ3v) is 3.51. The van der Waals surface area contributed by atoms with Crippen molar-refractivity contribution in [2.24, 2.45) is 11.1 Å². The van der Waals surface area contributed by atoms with E-state index in [0.29, 0.717) is 13.1 Å². The quantitative estimate of drug-likeness (QED) is 0.676. The molecule has 4 nitrogen and oxygen atoms in total. The highest BCUT2D eigenvalue weighted by Gasteiger charge is 2.22. The fourth-order valence-corrected chi connectivity index (χ4v) is 2.18. The summed E-state index contributed by atoms with van der Waals surface area (Å²) in [6.07, 6.45) is 1.63. The van der Waals surface area contributed by atoms with Crippen LogP contribution in [0.2, 0.25) is 0 Å². The number of nitrogens with one attached hydrogen (secondary N) is 1. The van der Waals surface area contributed by atoms with Crippen LogP contribution in [-0.2, 0) is 4.79 Å². The Bertz CT molecular complexity index is 404. The highest BCUT2D eigenvalue weighted by molar-refractivity contribution is 5.83. The Balaban J connectivity index is 2.56. The summed E-state index contributed by atoms with van der Waals surface area (Å²) in [7, 11) is 0. The molecule has 4 N–H and O–H groups in total. The molecule has 0 heterocycles. The Morgan fingerprint density at radius 3 is 2.55 bits per heavy atom. The molecule has 1 rings (SSSR count). The van der Waals surface area contributed by atoms with Crippen LogP contribution in [0.1, 0.15) is 38.2 Å². The van der Waals surface area contributed by atoms with Crippen LogP contribution in [0.5, 0.6) is 0 Å². The topological polar surface area (TPSA) is 75.3 Å². The van der Waals surface area contributed by atoms with Crippen LogP contribution in [-0.4, -0.2) is 30.7 Å². The molecule has 0 bridgehead atoms. The number of hydrogen-bond acceptors (Lipinski definition) is 3. The molecule has 0 aliphatic rings. The molecule has 1 atom stereocenters. The minimum absolute atomic E-state index is 0.0196. The van der Waals surface area contributed by atoms with Crippen molar-refractivity contribution in [1.29, 1.82) is 0 Å². The Labute approximate surface area is 121 Å². The molecule has 0 saturated heterocycles. The summed E-state index contributed by atoms with van der Waals surface area (Å²) in [5, 5.41) is 11.9. The summed E-state index contributed by atoms with van der Waals surface area (Å²) < 4.78 is 0. The van der Waals surface area contributed by atoms with Crippen LogP contribution in [0.3, 0.4) is 0 Å². The number of rotatable bonds is 8. The normalized spacial score (nSPS) is 13.0. The maximum atomic E-state index is 12.3. The van der Waals surface area contributed by atoms with Crippen molar-refractivity contribution >= 4 is 5.91 Å². The van der Waals surface area contributed by atoms with Crippen LogP contribution < -0.4 is 11.1 Å². The molecular weight excluding hydrogens is 252 g/mol. The molecule has 0 aliphatic carbocycles. The number of hydrogen-bond donors (Lipinski definition) is 3. The second-order valence-corrected chi connectivity index (χ2v) is 5.91. The van der Waals surface area contributed by atoms with Crippen molar-refractivity contribution in [3.05, 3.63) is 35.9 Å². The first-order valence-corrected chi connectivity index (χ1v) is 7.14. The Hall–Kier alpha value is -1.39. The average Bonchev–Trinajstić information content (AvgIpc) is 2.45. The number of nitrogens with two attached hydrogens (primary N) is 1. The lowest BCUT2D eigenvalue weighted by Crippen LogP contribution is -2.39. The van der Waals surface area contributed by atoms with Gasteiger partial charge in [0.15, 0.2) is 0 Å². The highest BCUT2D eigenvalue weighted by Crippen LogP contribution is 2.21. The first-order valence-electron chi connectivity index (χ1n) is 7.14. The third kappa shape index (κ3) is 5.31. The minimum atomic E-state index is -0.301. The molecule has 0 spiro atoms. The fraction of sp³-hybridized carbons (Fsp3) is 0.562. The summed E-state index contributed by atoms with van der Waals surface area (Å²) in [6, 6.07) is 9.60. The largest absolute Gasteiger partial charge is 0.396 e. The summed E-state index contributed by atoms with van der Waals surface area (Å²) in [5.74, 6) is -0.333. The van der Waals surface area contributed by atoms with Gasteiger partial charge in [0.1, 0.15) is 0 Å². The number of carbonyl (C=O) groups excluding carboxylic acids is 1. The molecular formula is C16H26N2O2. The van der Waals surface area contributed by atoms with Gasteiger partial charge in [-0.3, -0.25) is 4.79 Å². The molecule has 1 aromatic carbocycles. The van der Waals surface area contributed by atoms with E-state index in [4.69, 9.17) is 10.8 Å². The first kappa shape index (κ1) is 16.7. The summed E-state index contributed by atoms with van der Waals surface area (Å²) >= 11 is 0. The van der Waals surface area contributed by atoms with E-state index in [-0.39, 0.29) is 23.8 Å². The van der Waals surface area contributed by atoms with E-state index in [1.807, 2.05) is 30.3 Å². The zero-order chi connectivity index (χ0) is 15.0. The number of aliphatic hydroxyl groups is 1. The van der Waals surface area contributed by atoms with Crippen LogP contribution in [0.4, 0.5) is 0 Å². The summed E-state index contributed by atoms with van der Waals surface area (Å²) in [5.41, 5.74) is 6.66. The van der Waals surface area contributed by atoms with Gasteiger partial charge in [0.2, 0.25) is 5.91 Å².